The minimum atomic E-state index is 0.676. The molecule has 0 aromatic carbocycles. The number of hydrogen-bond donors (Lipinski definition) is 1. The van der Waals surface area contributed by atoms with Gasteiger partial charge >= 0.3 is 0 Å². The van der Waals surface area contributed by atoms with Crippen LogP contribution in [-0.4, -0.2) is 32.2 Å². The molecular formula is C11H22ClNO. The maximum absolute atomic E-state index is 5.91. The highest BCUT2D eigenvalue weighted by Gasteiger charge is 2.25. The van der Waals surface area contributed by atoms with E-state index in [4.69, 9.17) is 16.3 Å². The lowest BCUT2D eigenvalue weighted by Gasteiger charge is -2.18. The molecule has 0 bridgehead atoms. The molecule has 1 rings (SSSR count). The first-order valence-corrected chi connectivity index (χ1v) is 6.20. The predicted molar refractivity (Wildman–Crippen MR) is 61.0 cm³/mol. The van der Waals surface area contributed by atoms with Gasteiger partial charge in [-0.3, -0.25) is 0 Å². The van der Waals surface area contributed by atoms with Gasteiger partial charge in [-0.05, 0) is 38.1 Å². The lowest BCUT2D eigenvalue weighted by atomic mass is 10.1. The van der Waals surface area contributed by atoms with E-state index in [1.165, 1.54) is 25.7 Å². The molecule has 14 heavy (non-hydrogen) atoms. The molecule has 2 atom stereocenters. The van der Waals surface area contributed by atoms with Crippen LogP contribution >= 0.6 is 11.6 Å². The van der Waals surface area contributed by atoms with Gasteiger partial charge in [0, 0.05) is 25.6 Å². The van der Waals surface area contributed by atoms with E-state index in [1.54, 1.807) is 7.11 Å². The molecule has 3 heteroatoms. The van der Waals surface area contributed by atoms with E-state index in [1.807, 2.05) is 0 Å². The van der Waals surface area contributed by atoms with Crippen molar-refractivity contribution in [2.24, 2.45) is 5.92 Å². The maximum Gasteiger partial charge on any atom is 0.0462 e. The molecule has 84 valence electrons. The standard InChI is InChI=1S/C11H22ClNO/c1-14-8-3-2-7-13-11-6-4-5-10(11)9-12/h10-11,13H,2-9H2,1H3. The molecule has 1 saturated carbocycles. The van der Waals surface area contributed by atoms with Crippen molar-refractivity contribution in [2.75, 3.05) is 26.1 Å². The molecule has 0 heterocycles. The lowest BCUT2D eigenvalue weighted by Crippen LogP contribution is -2.33. The largest absolute Gasteiger partial charge is 0.385 e. The van der Waals surface area contributed by atoms with Gasteiger partial charge in [-0.25, -0.2) is 0 Å². The number of methoxy groups -OCH3 is 1. The van der Waals surface area contributed by atoms with Crippen LogP contribution in [0.15, 0.2) is 0 Å². The third-order valence-electron chi connectivity index (χ3n) is 3.04. The Balaban J connectivity index is 2.00. The molecule has 0 saturated heterocycles. The average Bonchev–Trinajstić information content (AvgIpc) is 2.65. The van der Waals surface area contributed by atoms with Crippen LogP contribution in [0.5, 0.6) is 0 Å². The van der Waals surface area contributed by atoms with Crippen molar-refractivity contribution in [1.82, 2.24) is 5.32 Å². The Labute approximate surface area is 92.3 Å². The smallest absolute Gasteiger partial charge is 0.0462 e. The van der Waals surface area contributed by atoms with Gasteiger partial charge in [0.15, 0.2) is 0 Å². The van der Waals surface area contributed by atoms with E-state index >= 15 is 0 Å². The summed E-state index contributed by atoms with van der Waals surface area (Å²) in [6, 6.07) is 0.676. The number of hydrogen-bond acceptors (Lipinski definition) is 2. The fourth-order valence-corrected chi connectivity index (χ4v) is 2.52. The number of halogens is 1. The zero-order valence-corrected chi connectivity index (χ0v) is 9.85. The zero-order valence-electron chi connectivity index (χ0n) is 9.10. The first kappa shape index (κ1) is 12.3. The summed E-state index contributed by atoms with van der Waals surface area (Å²) in [5.74, 6) is 1.52. The van der Waals surface area contributed by atoms with Gasteiger partial charge < -0.3 is 10.1 Å². The van der Waals surface area contributed by atoms with Crippen LogP contribution in [0, 0.1) is 5.92 Å². The Kier molecular flexibility index (Phi) is 6.57. The number of unbranched alkanes of at least 4 members (excludes halogenated alkanes) is 1. The highest BCUT2D eigenvalue weighted by Crippen LogP contribution is 2.26. The second-order valence-corrected chi connectivity index (χ2v) is 4.41. The van der Waals surface area contributed by atoms with Gasteiger partial charge in [0.25, 0.3) is 0 Å². The summed E-state index contributed by atoms with van der Waals surface area (Å²) < 4.78 is 5.01. The fraction of sp³-hybridized carbons (Fsp3) is 1.00. The number of rotatable bonds is 7. The quantitative estimate of drug-likeness (QED) is 0.525. The van der Waals surface area contributed by atoms with Crippen LogP contribution in [0.3, 0.4) is 0 Å². The summed E-state index contributed by atoms with van der Waals surface area (Å²) in [5.41, 5.74) is 0. The maximum atomic E-state index is 5.91. The Bertz CT molecular complexity index is 143. The Morgan fingerprint density at radius 2 is 2.21 bits per heavy atom. The van der Waals surface area contributed by atoms with Gasteiger partial charge in [0.05, 0.1) is 0 Å². The molecule has 2 unspecified atom stereocenters. The summed E-state index contributed by atoms with van der Waals surface area (Å²) >= 11 is 5.91. The van der Waals surface area contributed by atoms with Crippen molar-refractivity contribution in [3.63, 3.8) is 0 Å². The van der Waals surface area contributed by atoms with E-state index in [-0.39, 0.29) is 0 Å². The molecule has 1 aliphatic rings. The number of ether oxygens (including phenoxy) is 1. The minimum Gasteiger partial charge on any atom is -0.385 e. The molecule has 0 aromatic heterocycles. The van der Waals surface area contributed by atoms with E-state index in [9.17, 15) is 0 Å². The van der Waals surface area contributed by atoms with Crippen molar-refractivity contribution in [2.45, 2.75) is 38.1 Å². The lowest BCUT2D eigenvalue weighted by molar-refractivity contribution is 0.192. The van der Waals surface area contributed by atoms with Crippen molar-refractivity contribution >= 4 is 11.6 Å². The van der Waals surface area contributed by atoms with Crippen molar-refractivity contribution < 1.29 is 4.74 Å². The number of alkyl halides is 1. The first-order valence-electron chi connectivity index (χ1n) is 5.66. The normalized spacial score (nSPS) is 27.0. The first-order chi connectivity index (χ1) is 6.88. The van der Waals surface area contributed by atoms with E-state index < -0.39 is 0 Å². The van der Waals surface area contributed by atoms with Crippen molar-refractivity contribution in [3.05, 3.63) is 0 Å². The summed E-state index contributed by atoms with van der Waals surface area (Å²) in [6.07, 6.45) is 6.31. The van der Waals surface area contributed by atoms with E-state index in [0.29, 0.717) is 12.0 Å². The highest BCUT2D eigenvalue weighted by molar-refractivity contribution is 6.18. The summed E-state index contributed by atoms with van der Waals surface area (Å²) in [4.78, 5) is 0. The molecule has 0 amide bonds. The second kappa shape index (κ2) is 7.49. The molecule has 0 aromatic rings. The van der Waals surface area contributed by atoms with Crippen molar-refractivity contribution in [3.8, 4) is 0 Å². The van der Waals surface area contributed by atoms with Gasteiger partial charge in [-0.2, -0.15) is 0 Å². The van der Waals surface area contributed by atoms with Crippen LogP contribution < -0.4 is 5.32 Å². The number of nitrogens with one attached hydrogen (secondary N) is 1. The van der Waals surface area contributed by atoms with E-state index in [0.717, 1.165) is 25.5 Å². The van der Waals surface area contributed by atoms with Gasteiger partial charge in [-0.15, -0.1) is 11.6 Å². The molecule has 2 nitrogen and oxygen atoms in total. The van der Waals surface area contributed by atoms with Crippen LogP contribution in [0.1, 0.15) is 32.1 Å². The van der Waals surface area contributed by atoms with Gasteiger partial charge in [-0.1, -0.05) is 6.42 Å². The van der Waals surface area contributed by atoms with E-state index in [2.05, 4.69) is 5.32 Å². The van der Waals surface area contributed by atoms with Crippen LogP contribution in [0.4, 0.5) is 0 Å². The predicted octanol–water partition coefficient (Wildman–Crippen LogP) is 2.41. The molecular weight excluding hydrogens is 198 g/mol. The highest BCUT2D eigenvalue weighted by atomic mass is 35.5. The molecule has 1 fully saturated rings. The summed E-state index contributed by atoms with van der Waals surface area (Å²) in [6.45, 7) is 1.99. The molecule has 0 aliphatic heterocycles. The third-order valence-corrected chi connectivity index (χ3v) is 3.44. The van der Waals surface area contributed by atoms with Crippen molar-refractivity contribution in [1.29, 1.82) is 0 Å². The SMILES string of the molecule is COCCCCNC1CCCC1CCl. The fourth-order valence-electron chi connectivity index (χ4n) is 2.15. The third kappa shape index (κ3) is 4.16. The second-order valence-electron chi connectivity index (χ2n) is 4.11. The van der Waals surface area contributed by atoms with Crippen LogP contribution in [0.2, 0.25) is 0 Å². The summed E-state index contributed by atoms with van der Waals surface area (Å²) in [7, 11) is 1.76. The zero-order chi connectivity index (χ0) is 10.2. The van der Waals surface area contributed by atoms with Crippen LogP contribution in [0.25, 0.3) is 0 Å². The Morgan fingerprint density at radius 1 is 1.36 bits per heavy atom. The van der Waals surface area contributed by atoms with Crippen LogP contribution in [-0.2, 0) is 4.74 Å². The minimum absolute atomic E-state index is 0.676. The molecule has 1 aliphatic carbocycles. The topological polar surface area (TPSA) is 21.3 Å². The molecule has 0 spiro atoms. The Hall–Kier alpha value is 0.210. The Morgan fingerprint density at radius 3 is 2.93 bits per heavy atom. The van der Waals surface area contributed by atoms with Gasteiger partial charge in [0.1, 0.15) is 0 Å². The average molecular weight is 220 g/mol. The van der Waals surface area contributed by atoms with Gasteiger partial charge in [0.2, 0.25) is 0 Å². The molecule has 1 N–H and O–H groups in total. The monoisotopic (exact) mass is 219 g/mol. The summed E-state index contributed by atoms with van der Waals surface area (Å²) in [5, 5.41) is 3.60. The molecule has 0 radical (unpaired) electrons.